The normalized spacial score (nSPS) is 19.9. The number of aliphatic hydroxyl groups is 2. The van der Waals surface area contributed by atoms with Crippen LogP contribution in [-0.4, -0.2) is 83.5 Å². The van der Waals surface area contributed by atoms with Crippen molar-refractivity contribution in [3.05, 3.63) is 0 Å². The molecule has 17 heavy (non-hydrogen) atoms. The Morgan fingerprint density at radius 1 is 0.882 bits per heavy atom. The topological polar surface area (TPSA) is 70.5 Å². The highest BCUT2D eigenvalue weighted by molar-refractivity contribution is 5.98. The van der Waals surface area contributed by atoms with Gasteiger partial charge in [-0.2, -0.15) is 0 Å². The molecule has 0 radical (unpaired) electrons. The average Bonchev–Trinajstić information content (AvgIpc) is 2.92. The Labute approximate surface area is 101 Å². The van der Waals surface area contributed by atoms with Gasteiger partial charge in [0.25, 0.3) is 11.7 Å². The molecule has 0 bridgehead atoms. The summed E-state index contributed by atoms with van der Waals surface area (Å²) >= 11 is 0. The van der Waals surface area contributed by atoms with Crippen LogP contribution in [0.25, 0.3) is 0 Å². The Bertz CT molecular complexity index is 306. The van der Waals surface area contributed by atoms with E-state index in [-0.39, 0.29) is 13.2 Å². The van der Waals surface area contributed by atoms with Gasteiger partial charge in [-0.15, -0.1) is 0 Å². The largest absolute Gasteiger partial charge is 0.392 e. The van der Waals surface area contributed by atoms with Crippen LogP contribution in [0.1, 0.15) is 6.42 Å². The van der Waals surface area contributed by atoms with E-state index in [0.29, 0.717) is 13.1 Å². The fourth-order valence-corrected chi connectivity index (χ4v) is 2.41. The molecule has 0 saturated heterocycles. The zero-order chi connectivity index (χ0) is 12.1. The molecule has 0 fully saturated rings. The van der Waals surface area contributed by atoms with Gasteiger partial charge >= 0.3 is 0 Å². The summed E-state index contributed by atoms with van der Waals surface area (Å²) in [6.07, 6.45) is 0.833. The van der Waals surface area contributed by atoms with Crippen LogP contribution in [0.15, 0.2) is 0 Å². The summed E-state index contributed by atoms with van der Waals surface area (Å²) in [7, 11) is 0. The number of nitrogens with zero attached hydrogens (tertiary/aromatic N) is 2. The average molecular weight is 242 g/mol. The van der Waals surface area contributed by atoms with Gasteiger partial charge in [0.15, 0.2) is 0 Å². The number of amidine groups is 2. The first kappa shape index (κ1) is 12.3. The van der Waals surface area contributed by atoms with Gasteiger partial charge in [0.05, 0.1) is 13.2 Å². The molecule has 0 atom stereocenters. The van der Waals surface area contributed by atoms with Crippen LogP contribution >= 0.6 is 0 Å². The molecule has 0 unspecified atom stereocenters. The van der Waals surface area contributed by atoms with E-state index in [1.807, 2.05) is 0 Å². The molecular weight excluding hydrogens is 220 g/mol. The third kappa shape index (κ3) is 2.95. The first-order chi connectivity index (χ1) is 8.35. The number of hydrogen-bond acceptors (Lipinski definition) is 4. The first-order valence-electron chi connectivity index (χ1n) is 6.26. The molecule has 2 aliphatic heterocycles. The van der Waals surface area contributed by atoms with Gasteiger partial charge in [0.1, 0.15) is 45.7 Å². The van der Waals surface area contributed by atoms with Crippen LogP contribution in [0, 0.1) is 0 Å². The SMILES string of the molecule is OCC[N+]1=C(CC2=[N+](CCO)CCN2)NCC1. The Morgan fingerprint density at radius 2 is 1.35 bits per heavy atom. The van der Waals surface area contributed by atoms with Gasteiger partial charge < -0.3 is 10.2 Å². The minimum absolute atomic E-state index is 0.189. The van der Waals surface area contributed by atoms with Crippen LogP contribution < -0.4 is 10.6 Å². The Balaban J connectivity index is 2.04. The van der Waals surface area contributed by atoms with Crippen molar-refractivity contribution in [1.82, 2.24) is 10.6 Å². The Kier molecular flexibility index (Phi) is 4.33. The predicted molar refractivity (Wildman–Crippen MR) is 64.8 cm³/mol. The quantitative estimate of drug-likeness (QED) is 0.385. The number of rotatable bonds is 6. The number of nitrogens with one attached hydrogen (secondary N) is 2. The van der Waals surface area contributed by atoms with E-state index in [2.05, 4.69) is 19.8 Å². The zero-order valence-corrected chi connectivity index (χ0v) is 10.2. The van der Waals surface area contributed by atoms with E-state index in [9.17, 15) is 0 Å². The summed E-state index contributed by atoms with van der Waals surface area (Å²) in [6, 6.07) is 0. The number of aliphatic hydroxyl groups excluding tert-OH is 2. The molecule has 0 saturated carbocycles. The van der Waals surface area contributed by atoms with Crippen LogP contribution in [0.2, 0.25) is 0 Å². The second-order valence-electron chi connectivity index (χ2n) is 4.35. The van der Waals surface area contributed by atoms with E-state index >= 15 is 0 Å². The maximum atomic E-state index is 8.99. The molecular formula is C11H22N4O2+2. The first-order valence-corrected chi connectivity index (χ1v) is 6.26. The highest BCUT2D eigenvalue weighted by Crippen LogP contribution is 1.97. The summed E-state index contributed by atoms with van der Waals surface area (Å²) in [5.41, 5.74) is 0. The summed E-state index contributed by atoms with van der Waals surface area (Å²) in [5.74, 6) is 2.35. The molecule has 2 heterocycles. The van der Waals surface area contributed by atoms with Gasteiger partial charge in [-0.25, -0.2) is 0 Å². The molecule has 0 aliphatic carbocycles. The van der Waals surface area contributed by atoms with Crippen LogP contribution in [-0.2, 0) is 0 Å². The van der Waals surface area contributed by atoms with Crippen LogP contribution in [0.3, 0.4) is 0 Å². The van der Waals surface area contributed by atoms with Gasteiger partial charge in [-0.05, 0) is 0 Å². The van der Waals surface area contributed by atoms with Crippen molar-refractivity contribution in [2.75, 3.05) is 52.5 Å². The second kappa shape index (κ2) is 5.97. The second-order valence-corrected chi connectivity index (χ2v) is 4.35. The van der Waals surface area contributed by atoms with E-state index in [1.54, 1.807) is 0 Å². The van der Waals surface area contributed by atoms with E-state index in [0.717, 1.165) is 32.6 Å². The monoisotopic (exact) mass is 242 g/mol. The fraction of sp³-hybridized carbons (Fsp3) is 0.818. The van der Waals surface area contributed by atoms with Crippen LogP contribution in [0.5, 0.6) is 0 Å². The van der Waals surface area contributed by atoms with Crippen molar-refractivity contribution in [2.24, 2.45) is 0 Å². The molecule has 6 heteroatoms. The van der Waals surface area contributed by atoms with Gasteiger partial charge in [-0.1, -0.05) is 0 Å². The third-order valence-electron chi connectivity index (χ3n) is 3.26. The molecule has 0 amide bonds. The third-order valence-corrected chi connectivity index (χ3v) is 3.26. The lowest BCUT2D eigenvalue weighted by molar-refractivity contribution is -0.525. The number of hydrogen-bond donors (Lipinski definition) is 4. The summed E-state index contributed by atoms with van der Waals surface area (Å²) in [4.78, 5) is 0. The van der Waals surface area contributed by atoms with E-state index < -0.39 is 0 Å². The molecule has 4 N–H and O–H groups in total. The molecule has 2 aliphatic rings. The maximum Gasteiger partial charge on any atom is 0.257 e. The van der Waals surface area contributed by atoms with Crippen molar-refractivity contribution in [1.29, 1.82) is 0 Å². The smallest absolute Gasteiger partial charge is 0.257 e. The summed E-state index contributed by atoms with van der Waals surface area (Å²) < 4.78 is 4.37. The van der Waals surface area contributed by atoms with Gasteiger partial charge in [0.2, 0.25) is 0 Å². The predicted octanol–water partition coefficient (Wildman–Crippen LogP) is -2.61. The maximum absolute atomic E-state index is 8.99. The van der Waals surface area contributed by atoms with Crippen molar-refractivity contribution >= 4 is 11.7 Å². The zero-order valence-electron chi connectivity index (χ0n) is 10.2. The minimum Gasteiger partial charge on any atom is -0.392 e. The minimum atomic E-state index is 0.189. The molecule has 0 aromatic carbocycles. The Morgan fingerprint density at radius 3 is 1.76 bits per heavy atom. The van der Waals surface area contributed by atoms with Gasteiger partial charge in [0, 0.05) is 0 Å². The molecule has 6 nitrogen and oxygen atoms in total. The molecule has 2 rings (SSSR count). The standard InChI is InChI=1S/C11H20N4O2/c16-7-5-14-3-1-12-10(14)9-11-13-2-4-15(11)6-8-17/h16-17H,1-9H2/p+2. The molecule has 0 spiro atoms. The lowest BCUT2D eigenvalue weighted by Crippen LogP contribution is -2.34. The number of β-amino-alcohol motifs (C(OH)–C–C–N with tert-alkyl or cyclic N) is 2. The lowest BCUT2D eigenvalue weighted by Gasteiger charge is -2.03. The van der Waals surface area contributed by atoms with Crippen LogP contribution in [0.4, 0.5) is 0 Å². The van der Waals surface area contributed by atoms with Crippen molar-refractivity contribution in [3.63, 3.8) is 0 Å². The molecule has 0 aromatic rings. The summed E-state index contributed by atoms with van der Waals surface area (Å²) in [6.45, 7) is 5.57. The highest BCUT2D eigenvalue weighted by Gasteiger charge is 2.28. The molecule has 0 aromatic heterocycles. The van der Waals surface area contributed by atoms with Crippen molar-refractivity contribution in [2.45, 2.75) is 6.42 Å². The van der Waals surface area contributed by atoms with Crippen molar-refractivity contribution < 1.29 is 19.4 Å². The van der Waals surface area contributed by atoms with Gasteiger partial charge in [-0.3, -0.25) is 19.8 Å². The van der Waals surface area contributed by atoms with E-state index in [4.69, 9.17) is 10.2 Å². The Hall–Kier alpha value is -1.14. The fourth-order valence-electron chi connectivity index (χ4n) is 2.41. The molecule has 96 valence electrons. The lowest BCUT2D eigenvalue weighted by atomic mass is 10.3. The summed E-state index contributed by atoms with van der Waals surface area (Å²) in [5, 5.41) is 24.7. The van der Waals surface area contributed by atoms with E-state index in [1.165, 1.54) is 11.7 Å². The highest BCUT2D eigenvalue weighted by atomic mass is 16.3. The van der Waals surface area contributed by atoms with Crippen molar-refractivity contribution in [3.8, 4) is 0 Å².